The molecule has 0 unspecified atom stereocenters. The SMILES string of the molecule is COC(=O)[C@]12C(=O)CCC[C@H]1CCC[C@H]2O[Si](C)(C)C(C)(C)C. The van der Waals surface area contributed by atoms with Gasteiger partial charge in [0.2, 0.25) is 0 Å². The van der Waals surface area contributed by atoms with E-state index < -0.39 is 13.7 Å². The monoisotopic (exact) mass is 340 g/mol. The molecule has 0 bridgehead atoms. The molecule has 0 aromatic carbocycles. The van der Waals surface area contributed by atoms with Crippen molar-refractivity contribution in [1.29, 1.82) is 0 Å². The van der Waals surface area contributed by atoms with Crippen LogP contribution >= 0.6 is 0 Å². The first-order chi connectivity index (χ1) is 10.6. The third kappa shape index (κ3) is 3.02. The Kier molecular flexibility index (Phi) is 5.12. The van der Waals surface area contributed by atoms with E-state index in [1.165, 1.54) is 7.11 Å². The van der Waals surface area contributed by atoms with Crippen LogP contribution in [0.3, 0.4) is 0 Å². The first-order valence-electron chi connectivity index (χ1n) is 8.87. The third-order valence-electron chi connectivity index (χ3n) is 6.35. The largest absolute Gasteiger partial charge is 0.468 e. The fourth-order valence-electron chi connectivity index (χ4n) is 4.03. The lowest BCUT2D eigenvalue weighted by Crippen LogP contribution is -2.61. The zero-order valence-electron chi connectivity index (χ0n) is 15.5. The molecule has 0 aromatic heterocycles. The zero-order chi connectivity index (χ0) is 17.5. The van der Waals surface area contributed by atoms with Crippen LogP contribution in [0.15, 0.2) is 0 Å². The number of hydrogen-bond acceptors (Lipinski definition) is 4. The van der Waals surface area contributed by atoms with E-state index in [4.69, 9.17) is 9.16 Å². The molecule has 132 valence electrons. The highest BCUT2D eigenvalue weighted by atomic mass is 28.4. The summed E-state index contributed by atoms with van der Waals surface area (Å²) in [4.78, 5) is 25.7. The predicted octanol–water partition coefficient (Wildman–Crippen LogP) is 4.09. The summed E-state index contributed by atoms with van der Waals surface area (Å²) in [5.41, 5.74) is -1.05. The summed E-state index contributed by atoms with van der Waals surface area (Å²) in [5, 5.41) is 0.0506. The van der Waals surface area contributed by atoms with E-state index in [2.05, 4.69) is 33.9 Å². The standard InChI is InChI=1S/C18H32O4Si/c1-17(2,3)23(5,6)22-15-12-8-10-13-9-7-11-14(19)18(13,15)16(20)21-4/h13,15H,7-12H2,1-6H3/t13-,15+,18-/m0/s1. The summed E-state index contributed by atoms with van der Waals surface area (Å²) in [6.45, 7) is 10.9. The Morgan fingerprint density at radius 3 is 2.35 bits per heavy atom. The maximum absolute atomic E-state index is 12.9. The van der Waals surface area contributed by atoms with Gasteiger partial charge in [0.05, 0.1) is 13.2 Å². The highest BCUT2D eigenvalue weighted by Crippen LogP contribution is 2.52. The van der Waals surface area contributed by atoms with Gasteiger partial charge < -0.3 is 9.16 Å². The van der Waals surface area contributed by atoms with Gasteiger partial charge in [-0.2, -0.15) is 0 Å². The van der Waals surface area contributed by atoms with Crippen LogP contribution in [0, 0.1) is 11.3 Å². The van der Waals surface area contributed by atoms with Gasteiger partial charge >= 0.3 is 5.97 Å². The van der Waals surface area contributed by atoms with Crippen LogP contribution in [0.2, 0.25) is 18.1 Å². The van der Waals surface area contributed by atoms with Gasteiger partial charge in [0.1, 0.15) is 0 Å². The minimum atomic E-state index is -2.06. The summed E-state index contributed by atoms with van der Waals surface area (Å²) in [6, 6.07) is 0. The second kappa shape index (κ2) is 6.32. The van der Waals surface area contributed by atoms with Crippen LogP contribution in [-0.4, -0.2) is 33.3 Å². The molecule has 0 heterocycles. The Morgan fingerprint density at radius 2 is 1.78 bits per heavy atom. The number of rotatable bonds is 3. The van der Waals surface area contributed by atoms with Crippen molar-refractivity contribution in [3.8, 4) is 0 Å². The summed E-state index contributed by atoms with van der Waals surface area (Å²) in [7, 11) is -0.667. The Balaban J connectivity index is 2.43. The lowest BCUT2D eigenvalue weighted by molar-refractivity contribution is -0.178. The van der Waals surface area contributed by atoms with Gasteiger partial charge in [0.15, 0.2) is 19.5 Å². The van der Waals surface area contributed by atoms with Crippen LogP contribution in [-0.2, 0) is 18.8 Å². The van der Waals surface area contributed by atoms with Gasteiger partial charge in [-0.25, -0.2) is 0 Å². The maximum Gasteiger partial charge on any atom is 0.322 e. The highest BCUT2D eigenvalue weighted by Gasteiger charge is 2.62. The van der Waals surface area contributed by atoms with Crippen molar-refractivity contribution in [2.45, 2.75) is 83.5 Å². The molecule has 5 heteroatoms. The van der Waals surface area contributed by atoms with Gasteiger partial charge in [0.25, 0.3) is 0 Å². The molecule has 23 heavy (non-hydrogen) atoms. The summed E-state index contributed by atoms with van der Waals surface area (Å²) >= 11 is 0. The van der Waals surface area contributed by atoms with Crippen molar-refractivity contribution in [3.63, 3.8) is 0 Å². The van der Waals surface area contributed by atoms with Gasteiger partial charge in [-0.05, 0) is 49.7 Å². The van der Waals surface area contributed by atoms with E-state index in [1.807, 2.05) is 0 Å². The number of carbonyl (C=O) groups is 2. The Morgan fingerprint density at radius 1 is 1.17 bits per heavy atom. The van der Waals surface area contributed by atoms with Crippen LogP contribution in [0.5, 0.6) is 0 Å². The molecule has 2 fully saturated rings. The molecule has 0 N–H and O–H groups in total. The molecule has 3 atom stereocenters. The van der Waals surface area contributed by atoms with Crippen molar-refractivity contribution in [1.82, 2.24) is 0 Å². The third-order valence-corrected chi connectivity index (χ3v) is 10.8. The first kappa shape index (κ1) is 18.7. The van der Waals surface area contributed by atoms with E-state index in [0.717, 1.165) is 32.1 Å². The average Bonchev–Trinajstić information content (AvgIpc) is 2.45. The van der Waals surface area contributed by atoms with Crippen LogP contribution in [0.25, 0.3) is 0 Å². The predicted molar refractivity (Wildman–Crippen MR) is 92.7 cm³/mol. The smallest absolute Gasteiger partial charge is 0.322 e. The lowest BCUT2D eigenvalue weighted by Gasteiger charge is -2.51. The molecule has 0 amide bonds. The van der Waals surface area contributed by atoms with Gasteiger partial charge in [-0.1, -0.05) is 27.2 Å². The molecule has 0 aromatic rings. The maximum atomic E-state index is 12.9. The molecule has 4 nitrogen and oxygen atoms in total. The fourth-order valence-corrected chi connectivity index (χ4v) is 5.40. The molecule has 0 saturated heterocycles. The quantitative estimate of drug-likeness (QED) is 0.441. The highest BCUT2D eigenvalue weighted by molar-refractivity contribution is 6.74. The molecule has 0 aliphatic heterocycles. The van der Waals surface area contributed by atoms with Crippen LogP contribution in [0.4, 0.5) is 0 Å². The van der Waals surface area contributed by atoms with Gasteiger partial charge in [0, 0.05) is 6.42 Å². The Bertz CT molecular complexity index is 468. The van der Waals surface area contributed by atoms with Gasteiger partial charge in [-0.15, -0.1) is 0 Å². The number of Topliss-reactive ketones (excluding diaryl/α,β-unsaturated/α-hetero) is 1. The Labute approximate surface area is 141 Å². The molecular weight excluding hydrogens is 308 g/mol. The van der Waals surface area contributed by atoms with Crippen LogP contribution < -0.4 is 0 Å². The molecule has 2 saturated carbocycles. The number of ether oxygens (including phenoxy) is 1. The molecule has 0 radical (unpaired) electrons. The van der Waals surface area contributed by atoms with Gasteiger partial charge in [-0.3, -0.25) is 9.59 Å². The van der Waals surface area contributed by atoms with Crippen molar-refractivity contribution < 1.29 is 18.8 Å². The number of ketones is 1. The molecule has 2 aliphatic rings. The van der Waals surface area contributed by atoms with E-state index in [0.29, 0.717) is 6.42 Å². The number of methoxy groups -OCH3 is 1. The fraction of sp³-hybridized carbons (Fsp3) is 0.889. The Hall–Kier alpha value is -0.683. The number of carbonyl (C=O) groups excluding carboxylic acids is 2. The number of hydrogen-bond donors (Lipinski definition) is 0. The topological polar surface area (TPSA) is 52.6 Å². The van der Waals surface area contributed by atoms with Crippen LogP contribution in [0.1, 0.15) is 59.3 Å². The molecule has 0 spiro atoms. The zero-order valence-corrected chi connectivity index (χ0v) is 16.5. The normalized spacial score (nSPS) is 32.3. The van der Waals surface area contributed by atoms with E-state index >= 15 is 0 Å². The molecular formula is C18H32O4Si. The lowest BCUT2D eigenvalue weighted by atomic mass is 9.57. The summed E-state index contributed by atoms with van der Waals surface area (Å²) < 4.78 is 11.8. The number of fused-ring (bicyclic) bond motifs is 1. The van der Waals surface area contributed by atoms with Crippen molar-refractivity contribution >= 4 is 20.1 Å². The summed E-state index contributed by atoms with van der Waals surface area (Å²) in [6.07, 6.45) is 4.70. The second-order valence-corrected chi connectivity index (χ2v) is 13.4. The average molecular weight is 341 g/mol. The van der Waals surface area contributed by atoms with Crippen molar-refractivity contribution in [3.05, 3.63) is 0 Å². The van der Waals surface area contributed by atoms with E-state index in [-0.39, 0.29) is 28.8 Å². The van der Waals surface area contributed by atoms with Crippen molar-refractivity contribution in [2.24, 2.45) is 11.3 Å². The minimum absolute atomic E-state index is 0.0454. The van der Waals surface area contributed by atoms with Crippen molar-refractivity contribution in [2.75, 3.05) is 7.11 Å². The molecule has 2 aliphatic carbocycles. The van der Waals surface area contributed by atoms with E-state index in [1.54, 1.807) is 0 Å². The minimum Gasteiger partial charge on any atom is -0.468 e. The summed E-state index contributed by atoms with van der Waals surface area (Å²) in [5.74, 6) is -0.237. The molecule has 2 rings (SSSR count). The van der Waals surface area contributed by atoms with E-state index in [9.17, 15) is 9.59 Å². The second-order valence-electron chi connectivity index (χ2n) is 8.67. The first-order valence-corrected chi connectivity index (χ1v) is 11.8. The number of esters is 1.